The lowest BCUT2D eigenvalue weighted by atomic mass is 10.1. The van der Waals surface area contributed by atoms with E-state index < -0.39 is 10.0 Å². The van der Waals surface area contributed by atoms with Crippen molar-refractivity contribution < 1.29 is 13.2 Å². The van der Waals surface area contributed by atoms with Gasteiger partial charge in [-0.1, -0.05) is 0 Å². The minimum atomic E-state index is -3.61. The fraction of sp³-hybridized carbons (Fsp3) is 0.467. The Kier molecular flexibility index (Phi) is 4.54. The van der Waals surface area contributed by atoms with Crippen molar-refractivity contribution >= 4 is 21.6 Å². The number of amides is 1. The standard InChI is InChI=1S/C15H19N3O3S/c1-11-9-13-10-14(5-6-15(13)18(11)12(2)19)22(20,21)17(3)8-4-7-16/h5-6,10-11H,4,8-9H2,1-3H3/t11-/m1/s1. The number of anilines is 1. The Balaban J connectivity index is 2.36. The highest BCUT2D eigenvalue weighted by Crippen LogP contribution is 2.34. The molecule has 22 heavy (non-hydrogen) atoms. The minimum absolute atomic E-state index is 0.0294. The second-order valence-corrected chi connectivity index (χ2v) is 7.51. The molecule has 1 heterocycles. The van der Waals surface area contributed by atoms with Crippen molar-refractivity contribution in [2.75, 3.05) is 18.5 Å². The molecule has 1 aromatic carbocycles. The molecular weight excluding hydrogens is 302 g/mol. The average Bonchev–Trinajstić information content (AvgIpc) is 2.79. The van der Waals surface area contributed by atoms with Crippen LogP contribution in [0.4, 0.5) is 5.69 Å². The van der Waals surface area contributed by atoms with Crippen LogP contribution >= 0.6 is 0 Å². The SMILES string of the molecule is CC(=O)N1c2ccc(S(=O)(=O)N(C)CCC#N)cc2C[C@H]1C. The normalized spacial score (nSPS) is 17.4. The summed E-state index contributed by atoms with van der Waals surface area (Å²) in [6.45, 7) is 3.60. The van der Waals surface area contributed by atoms with E-state index in [-0.39, 0.29) is 29.8 Å². The Morgan fingerprint density at radius 3 is 2.77 bits per heavy atom. The molecule has 7 heteroatoms. The summed E-state index contributed by atoms with van der Waals surface area (Å²) in [6, 6.07) is 6.80. The maximum atomic E-state index is 12.5. The third kappa shape index (κ3) is 2.85. The number of fused-ring (bicyclic) bond motifs is 1. The van der Waals surface area contributed by atoms with Gasteiger partial charge in [-0.15, -0.1) is 0 Å². The number of benzene rings is 1. The molecule has 1 atom stereocenters. The van der Waals surface area contributed by atoms with Gasteiger partial charge in [0.25, 0.3) is 0 Å². The number of rotatable bonds is 4. The van der Waals surface area contributed by atoms with Gasteiger partial charge in [0.05, 0.1) is 11.0 Å². The van der Waals surface area contributed by atoms with Crippen molar-refractivity contribution in [3.63, 3.8) is 0 Å². The van der Waals surface area contributed by atoms with E-state index in [9.17, 15) is 13.2 Å². The second kappa shape index (κ2) is 6.07. The molecule has 6 nitrogen and oxygen atoms in total. The van der Waals surface area contributed by atoms with E-state index in [0.717, 1.165) is 11.3 Å². The lowest BCUT2D eigenvalue weighted by Gasteiger charge is -2.21. The first kappa shape index (κ1) is 16.5. The summed E-state index contributed by atoms with van der Waals surface area (Å²) >= 11 is 0. The van der Waals surface area contributed by atoms with Gasteiger partial charge in [-0.3, -0.25) is 4.79 Å². The van der Waals surface area contributed by atoms with Crippen molar-refractivity contribution in [2.24, 2.45) is 0 Å². The molecule has 1 amide bonds. The monoisotopic (exact) mass is 321 g/mol. The lowest BCUT2D eigenvalue weighted by Crippen LogP contribution is -2.33. The Hall–Kier alpha value is -1.91. The van der Waals surface area contributed by atoms with Gasteiger partial charge < -0.3 is 4.90 Å². The van der Waals surface area contributed by atoms with Crippen molar-refractivity contribution in [3.8, 4) is 6.07 Å². The van der Waals surface area contributed by atoms with Gasteiger partial charge in [0.2, 0.25) is 15.9 Å². The van der Waals surface area contributed by atoms with E-state index in [0.29, 0.717) is 6.42 Å². The highest BCUT2D eigenvalue weighted by Gasteiger charge is 2.31. The molecule has 0 spiro atoms. The maximum Gasteiger partial charge on any atom is 0.242 e. The first-order valence-corrected chi connectivity index (χ1v) is 8.49. The van der Waals surface area contributed by atoms with Crippen LogP contribution in [0.25, 0.3) is 0 Å². The summed E-state index contributed by atoms with van der Waals surface area (Å²) in [5.41, 5.74) is 1.64. The second-order valence-electron chi connectivity index (χ2n) is 5.47. The van der Waals surface area contributed by atoms with Gasteiger partial charge in [-0.2, -0.15) is 9.57 Å². The fourth-order valence-electron chi connectivity index (χ4n) is 2.76. The van der Waals surface area contributed by atoms with Crippen LogP contribution in [0, 0.1) is 11.3 Å². The Labute approximate surface area is 131 Å². The summed E-state index contributed by atoms with van der Waals surface area (Å²) in [5, 5.41) is 8.58. The van der Waals surface area contributed by atoms with E-state index in [1.165, 1.54) is 24.3 Å². The van der Waals surface area contributed by atoms with Gasteiger partial charge in [0.1, 0.15) is 0 Å². The smallest absolute Gasteiger partial charge is 0.242 e. The van der Waals surface area contributed by atoms with Gasteiger partial charge in [-0.25, -0.2) is 8.42 Å². The maximum absolute atomic E-state index is 12.5. The number of carbonyl (C=O) groups is 1. The van der Waals surface area contributed by atoms with Crippen molar-refractivity contribution in [3.05, 3.63) is 23.8 Å². The molecule has 2 rings (SSSR count). The van der Waals surface area contributed by atoms with Crippen LogP contribution in [-0.4, -0.2) is 38.3 Å². The third-order valence-electron chi connectivity index (χ3n) is 3.85. The molecule has 0 saturated heterocycles. The molecule has 0 bridgehead atoms. The molecule has 0 unspecified atom stereocenters. The van der Waals surface area contributed by atoms with Crippen LogP contribution in [0.1, 0.15) is 25.8 Å². The van der Waals surface area contributed by atoms with Gasteiger partial charge in [-0.05, 0) is 37.1 Å². The van der Waals surface area contributed by atoms with Gasteiger partial charge in [0.15, 0.2) is 0 Å². The molecule has 0 fully saturated rings. The first-order valence-electron chi connectivity index (χ1n) is 7.05. The van der Waals surface area contributed by atoms with Crippen molar-refractivity contribution in [1.29, 1.82) is 5.26 Å². The number of nitrogens with zero attached hydrogens (tertiary/aromatic N) is 3. The summed E-state index contributed by atoms with van der Waals surface area (Å²) in [5.74, 6) is -0.0482. The van der Waals surface area contributed by atoms with Crippen LogP contribution in [0.5, 0.6) is 0 Å². The van der Waals surface area contributed by atoms with Gasteiger partial charge in [0, 0.05) is 38.7 Å². The van der Waals surface area contributed by atoms with Crippen molar-refractivity contribution in [2.45, 2.75) is 37.6 Å². The number of nitriles is 1. The molecule has 0 N–H and O–H groups in total. The van der Waals surface area contributed by atoms with Crippen LogP contribution < -0.4 is 4.90 Å². The molecule has 1 aromatic rings. The summed E-state index contributed by atoms with van der Waals surface area (Å²) in [6.07, 6.45) is 0.788. The summed E-state index contributed by atoms with van der Waals surface area (Å²) in [4.78, 5) is 13.6. The molecule has 0 radical (unpaired) electrons. The van der Waals surface area contributed by atoms with E-state index in [2.05, 4.69) is 0 Å². The van der Waals surface area contributed by atoms with E-state index in [1.807, 2.05) is 13.0 Å². The number of carbonyl (C=O) groups excluding carboxylic acids is 1. The van der Waals surface area contributed by atoms with Crippen LogP contribution in [-0.2, 0) is 21.2 Å². The molecule has 1 aliphatic rings. The Bertz CT molecular complexity index is 737. The minimum Gasteiger partial charge on any atom is -0.309 e. The largest absolute Gasteiger partial charge is 0.309 e. The van der Waals surface area contributed by atoms with E-state index >= 15 is 0 Å². The van der Waals surface area contributed by atoms with Crippen molar-refractivity contribution in [1.82, 2.24) is 4.31 Å². The molecule has 118 valence electrons. The predicted octanol–water partition coefficient (Wildman–Crippen LogP) is 1.52. The zero-order chi connectivity index (χ0) is 16.5. The molecule has 0 aliphatic carbocycles. The van der Waals surface area contributed by atoms with E-state index in [4.69, 9.17) is 5.26 Å². The highest BCUT2D eigenvalue weighted by atomic mass is 32.2. The predicted molar refractivity (Wildman–Crippen MR) is 82.8 cm³/mol. The van der Waals surface area contributed by atoms with Gasteiger partial charge >= 0.3 is 0 Å². The van der Waals surface area contributed by atoms with Crippen LogP contribution in [0.2, 0.25) is 0 Å². The van der Waals surface area contributed by atoms with E-state index in [1.54, 1.807) is 17.0 Å². The third-order valence-corrected chi connectivity index (χ3v) is 5.71. The molecule has 1 aliphatic heterocycles. The zero-order valence-corrected chi connectivity index (χ0v) is 13.7. The number of hydrogen-bond acceptors (Lipinski definition) is 4. The Morgan fingerprint density at radius 1 is 1.50 bits per heavy atom. The van der Waals surface area contributed by atoms with Crippen LogP contribution in [0.15, 0.2) is 23.1 Å². The summed E-state index contributed by atoms with van der Waals surface area (Å²) in [7, 11) is -2.15. The highest BCUT2D eigenvalue weighted by molar-refractivity contribution is 7.89. The Morgan fingerprint density at radius 2 is 2.18 bits per heavy atom. The summed E-state index contributed by atoms with van der Waals surface area (Å²) < 4.78 is 26.1. The molecular formula is C15H19N3O3S. The number of sulfonamides is 1. The first-order chi connectivity index (χ1) is 10.3. The fourth-order valence-corrected chi connectivity index (χ4v) is 3.98. The zero-order valence-electron chi connectivity index (χ0n) is 12.9. The average molecular weight is 321 g/mol. The number of hydrogen-bond donors (Lipinski definition) is 0. The quantitative estimate of drug-likeness (QED) is 0.842. The molecule has 0 aromatic heterocycles. The van der Waals surface area contributed by atoms with Crippen LogP contribution in [0.3, 0.4) is 0 Å². The topological polar surface area (TPSA) is 81.5 Å². The lowest BCUT2D eigenvalue weighted by molar-refractivity contribution is -0.116. The molecule has 0 saturated carbocycles.